The maximum Gasteiger partial charge on any atom is 0.353 e. The van der Waals surface area contributed by atoms with Crippen LogP contribution in [0.2, 0.25) is 0 Å². The topological polar surface area (TPSA) is 66.9 Å². The quantitative estimate of drug-likeness (QED) is 0.685. The molecule has 1 atom stereocenters. The molecule has 1 heterocycles. The Morgan fingerprint density at radius 3 is 2.54 bits per heavy atom. The highest BCUT2D eigenvalue weighted by atomic mass is 16.6. The van der Waals surface area contributed by atoms with E-state index in [0.717, 1.165) is 0 Å². The number of aromatic carboxylic acids is 1. The largest absolute Gasteiger partial charge is 0.478 e. The smallest absolute Gasteiger partial charge is 0.353 e. The number of carbonyl (C=O) groups is 2. The van der Waals surface area contributed by atoms with E-state index in [1.54, 1.807) is 18.2 Å². The van der Waals surface area contributed by atoms with Crippen LogP contribution in [0, 0.1) is 0 Å². The minimum absolute atomic E-state index is 0.123. The Labute approximate surface area is 73.8 Å². The first-order valence-corrected chi connectivity index (χ1v) is 3.73. The van der Waals surface area contributed by atoms with E-state index < -0.39 is 12.1 Å². The van der Waals surface area contributed by atoms with E-state index in [0.29, 0.717) is 5.56 Å². The summed E-state index contributed by atoms with van der Waals surface area (Å²) in [6, 6.07) is 6.32. The van der Waals surface area contributed by atoms with E-state index >= 15 is 0 Å². The van der Waals surface area contributed by atoms with Gasteiger partial charge in [-0.1, -0.05) is 18.2 Å². The molecule has 0 radical (unpaired) electrons. The van der Waals surface area contributed by atoms with Gasteiger partial charge in [0, 0.05) is 5.56 Å². The van der Waals surface area contributed by atoms with Crippen molar-refractivity contribution in [2.75, 3.05) is 0 Å². The summed E-state index contributed by atoms with van der Waals surface area (Å²) >= 11 is 0. The number of carboxylic acids is 1. The average Bonchev–Trinajstić information content (AvgIpc) is 2.82. The van der Waals surface area contributed by atoms with Crippen LogP contribution in [0.5, 0.6) is 0 Å². The number of cyclic esters (lactones) is 1. The van der Waals surface area contributed by atoms with Crippen LogP contribution in [0.1, 0.15) is 22.0 Å². The zero-order chi connectivity index (χ0) is 9.42. The van der Waals surface area contributed by atoms with Gasteiger partial charge in [-0.15, -0.1) is 0 Å². The fourth-order valence-electron chi connectivity index (χ4n) is 1.19. The number of benzene rings is 1. The van der Waals surface area contributed by atoms with Crippen molar-refractivity contribution in [2.24, 2.45) is 0 Å². The van der Waals surface area contributed by atoms with E-state index in [2.05, 4.69) is 4.74 Å². The van der Waals surface area contributed by atoms with Crippen LogP contribution in [-0.2, 0) is 9.53 Å². The summed E-state index contributed by atoms with van der Waals surface area (Å²) in [5.74, 6) is -1.41. The first kappa shape index (κ1) is 7.79. The third-order valence-electron chi connectivity index (χ3n) is 1.86. The molecule has 0 bridgehead atoms. The summed E-state index contributed by atoms with van der Waals surface area (Å²) in [7, 11) is 0. The molecule has 4 heteroatoms. The van der Waals surface area contributed by atoms with Gasteiger partial charge in [0.1, 0.15) is 0 Å². The van der Waals surface area contributed by atoms with Crippen molar-refractivity contribution in [3.8, 4) is 0 Å². The predicted octanol–water partition coefficient (Wildman–Crippen LogP) is 0.983. The molecule has 66 valence electrons. The lowest BCUT2D eigenvalue weighted by atomic mass is 10.1. The highest BCUT2D eigenvalue weighted by Crippen LogP contribution is 2.33. The first-order valence-electron chi connectivity index (χ1n) is 3.73. The van der Waals surface area contributed by atoms with Gasteiger partial charge in [0.15, 0.2) is 0 Å². The summed E-state index contributed by atoms with van der Waals surface area (Å²) in [5.41, 5.74) is 0.554. The maximum absolute atomic E-state index is 10.7. The molecule has 0 amide bonds. The third-order valence-corrected chi connectivity index (χ3v) is 1.86. The van der Waals surface area contributed by atoms with E-state index in [4.69, 9.17) is 5.11 Å². The Hall–Kier alpha value is -1.84. The molecule has 1 saturated heterocycles. The fraction of sp³-hybridized carbons (Fsp3) is 0.111. The number of rotatable bonds is 2. The number of carboxylic acid groups (broad SMARTS) is 1. The molecule has 0 spiro atoms. The van der Waals surface area contributed by atoms with Crippen LogP contribution in [0.25, 0.3) is 0 Å². The lowest BCUT2D eigenvalue weighted by Crippen LogP contribution is -2.01. The predicted molar refractivity (Wildman–Crippen MR) is 42.2 cm³/mol. The molecule has 4 nitrogen and oxygen atoms in total. The normalized spacial score (nSPS) is 19.4. The maximum atomic E-state index is 10.7. The van der Waals surface area contributed by atoms with Crippen molar-refractivity contribution in [3.63, 3.8) is 0 Å². The standard InChI is InChI=1S/C9H6O4/c10-8(11)6-4-2-1-3-5(6)7-9(12)13-7/h1-4,7H,(H,10,11)/t7-/m0/s1. The molecule has 0 aromatic heterocycles. The third kappa shape index (κ3) is 1.26. The zero-order valence-electron chi connectivity index (χ0n) is 6.56. The van der Waals surface area contributed by atoms with Gasteiger partial charge in [-0.05, 0) is 6.07 Å². The highest BCUT2D eigenvalue weighted by Gasteiger charge is 2.41. The van der Waals surface area contributed by atoms with Crippen molar-refractivity contribution in [1.29, 1.82) is 0 Å². The summed E-state index contributed by atoms with van der Waals surface area (Å²) < 4.78 is 4.59. The molecule has 1 N–H and O–H groups in total. The van der Waals surface area contributed by atoms with Gasteiger partial charge in [-0.3, -0.25) is 0 Å². The highest BCUT2D eigenvalue weighted by molar-refractivity contribution is 5.95. The van der Waals surface area contributed by atoms with Crippen molar-refractivity contribution < 1.29 is 19.4 Å². The summed E-state index contributed by atoms with van der Waals surface area (Å²) in [4.78, 5) is 21.3. The molecular formula is C9H6O4. The first-order chi connectivity index (χ1) is 6.20. The molecule has 1 aliphatic heterocycles. The van der Waals surface area contributed by atoms with Crippen molar-refractivity contribution in [2.45, 2.75) is 6.10 Å². The van der Waals surface area contributed by atoms with Gasteiger partial charge in [-0.2, -0.15) is 0 Å². The van der Waals surface area contributed by atoms with E-state index in [1.807, 2.05) is 0 Å². The Morgan fingerprint density at radius 1 is 1.38 bits per heavy atom. The van der Waals surface area contributed by atoms with Gasteiger partial charge >= 0.3 is 11.9 Å². The van der Waals surface area contributed by atoms with Gasteiger partial charge in [0.05, 0.1) is 5.56 Å². The zero-order valence-corrected chi connectivity index (χ0v) is 6.56. The van der Waals surface area contributed by atoms with Crippen molar-refractivity contribution in [3.05, 3.63) is 35.4 Å². The molecule has 0 saturated carbocycles. The molecular weight excluding hydrogens is 172 g/mol. The molecule has 1 aliphatic rings. The van der Waals surface area contributed by atoms with Crippen LogP contribution in [0.4, 0.5) is 0 Å². The summed E-state index contributed by atoms with van der Waals surface area (Å²) in [6.07, 6.45) is -0.660. The molecule has 0 unspecified atom stereocenters. The van der Waals surface area contributed by atoms with E-state index in [-0.39, 0.29) is 11.5 Å². The molecule has 2 rings (SSSR count). The van der Waals surface area contributed by atoms with Crippen LogP contribution < -0.4 is 0 Å². The van der Waals surface area contributed by atoms with E-state index in [9.17, 15) is 9.59 Å². The number of hydrogen-bond donors (Lipinski definition) is 1. The lowest BCUT2D eigenvalue weighted by Gasteiger charge is -1.98. The molecule has 13 heavy (non-hydrogen) atoms. The monoisotopic (exact) mass is 178 g/mol. The van der Waals surface area contributed by atoms with Gasteiger partial charge < -0.3 is 9.84 Å². The molecule has 1 fully saturated rings. The molecule has 0 aliphatic carbocycles. The number of ether oxygens (including phenoxy) is 1. The van der Waals surface area contributed by atoms with Gasteiger partial charge in [0.25, 0.3) is 0 Å². The van der Waals surface area contributed by atoms with Crippen LogP contribution in [0.3, 0.4) is 0 Å². The second-order valence-electron chi connectivity index (χ2n) is 2.71. The summed E-state index contributed by atoms with van der Waals surface area (Å²) in [5, 5.41) is 8.76. The van der Waals surface area contributed by atoms with Crippen LogP contribution >= 0.6 is 0 Å². The van der Waals surface area contributed by atoms with Crippen molar-refractivity contribution >= 4 is 11.9 Å². The van der Waals surface area contributed by atoms with E-state index in [1.165, 1.54) is 6.07 Å². The van der Waals surface area contributed by atoms with Crippen LogP contribution in [-0.4, -0.2) is 17.0 Å². The average molecular weight is 178 g/mol. The minimum atomic E-state index is -1.04. The second-order valence-corrected chi connectivity index (χ2v) is 2.71. The second kappa shape index (κ2) is 2.58. The number of carbonyl (C=O) groups excluding carboxylic acids is 1. The lowest BCUT2D eigenvalue weighted by molar-refractivity contribution is -0.117. The van der Waals surface area contributed by atoms with Gasteiger partial charge in [-0.25, -0.2) is 9.59 Å². The Bertz CT molecular complexity index is 383. The Kier molecular flexibility index (Phi) is 1.55. The van der Waals surface area contributed by atoms with Crippen molar-refractivity contribution in [1.82, 2.24) is 0 Å². The fourth-order valence-corrected chi connectivity index (χ4v) is 1.19. The van der Waals surface area contributed by atoms with Crippen LogP contribution in [0.15, 0.2) is 24.3 Å². The molecule has 1 aromatic carbocycles. The van der Waals surface area contributed by atoms with Gasteiger partial charge in [0.2, 0.25) is 6.10 Å². The minimum Gasteiger partial charge on any atom is -0.478 e. The Morgan fingerprint density at radius 2 is 2.00 bits per heavy atom. The number of epoxide rings is 1. The molecule has 1 aromatic rings. The SMILES string of the molecule is O=C(O)c1ccccc1[C@@H]1OC1=O. The Balaban J connectivity index is 2.44. The summed E-state index contributed by atoms with van der Waals surface area (Å²) in [6.45, 7) is 0. The number of hydrogen-bond acceptors (Lipinski definition) is 3.